The highest BCUT2D eigenvalue weighted by molar-refractivity contribution is 5.95. The Labute approximate surface area is 238 Å². The normalized spacial score (nSPS) is 11.7. The summed E-state index contributed by atoms with van der Waals surface area (Å²) in [4.78, 5) is 24.3. The molecule has 0 spiro atoms. The number of amidine groups is 1. The van der Waals surface area contributed by atoms with Gasteiger partial charge in [0.1, 0.15) is 34.9 Å². The number of carboxylic acids is 1. The van der Waals surface area contributed by atoms with E-state index in [0.717, 1.165) is 22.9 Å². The summed E-state index contributed by atoms with van der Waals surface area (Å²) in [6, 6.07) is 15.0. The third-order valence-electron chi connectivity index (χ3n) is 5.47. The fourth-order valence-electron chi connectivity index (χ4n) is 3.56. The number of carbonyl (C=O) groups is 1. The van der Waals surface area contributed by atoms with Gasteiger partial charge in [0.25, 0.3) is 0 Å². The van der Waals surface area contributed by atoms with E-state index in [1.54, 1.807) is 48.5 Å². The van der Waals surface area contributed by atoms with E-state index in [4.69, 9.17) is 25.8 Å². The number of halogens is 6. The zero-order valence-electron chi connectivity index (χ0n) is 21.8. The topological polar surface area (TPSA) is 168 Å². The van der Waals surface area contributed by atoms with Crippen LogP contribution in [0, 0.1) is 11.2 Å². The minimum absolute atomic E-state index is 0.00496. The number of nitrogens with one attached hydrogen (secondary N) is 3. The minimum atomic E-state index is -5.08. The van der Waals surface area contributed by atoms with Crippen molar-refractivity contribution in [1.29, 1.82) is 5.41 Å². The van der Waals surface area contributed by atoms with Crippen molar-refractivity contribution in [3.05, 3.63) is 100.0 Å². The maximum Gasteiger partial charge on any atom is 0.490 e. The first-order chi connectivity index (χ1) is 20.2. The van der Waals surface area contributed by atoms with Crippen LogP contribution >= 0.6 is 0 Å². The summed E-state index contributed by atoms with van der Waals surface area (Å²) in [7, 11) is 1.44. The van der Waals surface area contributed by atoms with Crippen molar-refractivity contribution in [1.82, 2.24) is 14.8 Å². The predicted octanol–water partition coefficient (Wildman–Crippen LogP) is 4.43. The molecule has 17 heteroatoms. The molecule has 4 aromatic rings. The number of nitrogens with zero attached hydrogens (tertiary/aromatic N) is 2. The quantitative estimate of drug-likeness (QED) is 0.105. The molecular formula is C26H22F6N6O5. The summed E-state index contributed by atoms with van der Waals surface area (Å²) >= 11 is 0. The van der Waals surface area contributed by atoms with E-state index in [1.165, 1.54) is 7.11 Å². The van der Waals surface area contributed by atoms with Crippen molar-refractivity contribution < 1.29 is 45.7 Å². The standard InChI is InChI=1S/C24H21F3N6O3.C2HF3O2/c1-35-19-5-3-2-4-18(19)33-24(34)31-22(32-33)20(30-14-8-6-13(7-9-14)21(28)29)16-12-15(36-23(26)27)10-11-17(16)25;3-2(4,5)1(6)7/h2-12,20,23,30H,1H3,(H3,28,29)(H,31,32,34);(H,6,7). The summed E-state index contributed by atoms with van der Waals surface area (Å²) in [5.74, 6) is -3.54. The molecule has 0 bridgehead atoms. The largest absolute Gasteiger partial charge is 0.494 e. The van der Waals surface area contributed by atoms with E-state index in [1.807, 2.05) is 0 Å². The van der Waals surface area contributed by atoms with Crippen LogP contribution in [0.4, 0.5) is 32.0 Å². The Morgan fingerprint density at radius 3 is 2.30 bits per heavy atom. The number of carboxylic acid groups (broad SMARTS) is 1. The van der Waals surface area contributed by atoms with Gasteiger partial charge in [0, 0.05) is 16.8 Å². The number of aromatic nitrogens is 3. The van der Waals surface area contributed by atoms with E-state index in [2.05, 4.69) is 20.1 Å². The highest BCUT2D eigenvalue weighted by Crippen LogP contribution is 2.30. The van der Waals surface area contributed by atoms with Crippen molar-refractivity contribution in [2.24, 2.45) is 5.73 Å². The first-order valence-electron chi connectivity index (χ1n) is 11.8. The molecular weight excluding hydrogens is 590 g/mol. The molecule has 1 unspecified atom stereocenters. The van der Waals surface area contributed by atoms with Gasteiger partial charge in [-0.05, 0) is 54.6 Å². The number of benzene rings is 3. The van der Waals surface area contributed by atoms with Crippen LogP contribution in [0.5, 0.6) is 11.5 Å². The minimum Gasteiger partial charge on any atom is -0.494 e. The molecule has 6 N–H and O–H groups in total. The first kappa shape index (κ1) is 32.0. The molecule has 4 rings (SSSR count). The van der Waals surface area contributed by atoms with Gasteiger partial charge in [-0.25, -0.2) is 14.0 Å². The number of nitrogens with two attached hydrogens (primary N) is 1. The Morgan fingerprint density at radius 1 is 1.12 bits per heavy atom. The number of H-pyrrole nitrogens is 1. The van der Waals surface area contributed by atoms with Crippen LogP contribution in [0.25, 0.3) is 5.69 Å². The molecule has 43 heavy (non-hydrogen) atoms. The summed E-state index contributed by atoms with van der Waals surface area (Å²) < 4.78 is 83.1. The Bertz CT molecular complexity index is 1640. The lowest BCUT2D eigenvalue weighted by molar-refractivity contribution is -0.192. The molecule has 0 aliphatic heterocycles. The van der Waals surface area contributed by atoms with Gasteiger partial charge in [-0.2, -0.15) is 26.6 Å². The van der Waals surface area contributed by atoms with Gasteiger partial charge in [0.15, 0.2) is 5.82 Å². The molecule has 0 fully saturated rings. The number of ether oxygens (including phenoxy) is 2. The highest BCUT2D eigenvalue weighted by Gasteiger charge is 2.38. The van der Waals surface area contributed by atoms with Crippen molar-refractivity contribution in [2.45, 2.75) is 18.8 Å². The molecule has 0 aliphatic carbocycles. The molecule has 0 amide bonds. The smallest absolute Gasteiger partial charge is 0.490 e. The summed E-state index contributed by atoms with van der Waals surface area (Å²) in [6.07, 6.45) is -5.08. The van der Waals surface area contributed by atoms with Crippen LogP contribution in [-0.4, -0.2) is 51.6 Å². The summed E-state index contributed by atoms with van der Waals surface area (Å²) in [5.41, 5.74) is 6.02. The molecule has 0 saturated heterocycles. The number of anilines is 1. The van der Waals surface area contributed by atoms with Crippen LogP contribution in [0.3, 0.4) is 0 Å². The maximum atomic E-state index is 15.0. The number of rotatable bonds is 9. The van der Waals surface area contributed by atoms with Crippen LogP contribution in [0.1, 0.15) is 23.0 Å². The van der Waals surface area contributed by atoms with Crippen molar-refractivity contribution in [3.63, 3.8) is 0 Å². The van der Waals surface area contributed by atoms with E-state index >= 15 is 0 Å². The highest BCUT2D eigenvalue weighted by atomic mass is 19.4. The van der Waals surface area contributed by atoms with Crippen molar-refractivity contribution >= 4 is 17.5 Å². The fourth-order valence-corrected chi connectivity index (χ4v) is 3.56. The average molecular weight is 612 g/mol. The van der Waals surface area contributed by atoms with Crippen molar-refractivity contribution in [3.8, 4) is 17.2 Å². The molecule has 1 atom stereocenters. The molecule has 0 saturated carbocycles. The fraction of sp³-hybridized carbons (Fsp3) is 0.154. The van der Waals surface area contributed by atoms with Gasteiger partial charge >= 0.3 is 24.4 Å². The van der Waals surface area contributed by atoms with E-state index in [-0.39, 0.29) is 23.0 Å². The van der Waals surface area contributed by atoms with Gasteiger partial charge in [0.2, 0.25) is 0 Å². The first-order valence-corrected chi connectivity index (χ1v) is 11.8. The Morgan fingerprint density at radius 2 is 1.74 bits per heavy atom. The molecule has 11 nitrogen and oxygen atoms in total. The maximum absolute atomic E-state index is 15.0. The molecule has 3 aromatic carbocycles. The number of hydrogen-bond acceptors (Lipinski definition) is 7. The van der Waals surface area contributed by atoms with Crippen LogP contribution in [-0.2, 0) is 4.79 Å². The monoisotopic (exact) mass is 612 g/mol. The Balaban J connectivity index is 0.000000646. The molecule has 228 valence electrons. The second-order valence-electron chi connectivity index (χ2n) is 8.33. The van der Waals surface area contributed by atoms with Crippen LogP contribution < -0.4 is 26.2 Å². The second kappa shape index (κ2) is 13.5. The Kier molecular flexibility index (Phi) is 10.0. The van der Waals surface area contributed by atoms with Crippen molar-refractivity contribution in [2.75, 3.05) is 12.4 Å². The van der Waals surface area contributed by atoms with Gasteiger partial charge < -0.3 is 25.6 Å². The number of aliphatic carboxylic acids is 1. The molecule has 1 aromatic heterocycles. The Hall–Kier alpha value is -5.48. The van der Waals surface area contributed by atoms with Crippen LogP contribution in [0.15, 0.2) is 71.5 Å². The third-order valence-corrected chi connectivity index (χ3v) is 5.47. The average Bonchev–Trinajstić information content (AvgIpc) is 3.33. The summed E-state index contributed by atoms with van der Waals surface area (Å²) in [5, 5.41) is 22.0. The zero-order valence-corrected chi connectivity index (χ0v) is 21.8. The van der Waals surface area contributed by atoms with E-state index in [0.29, 0.717) is 22.7 Å². The number of hydrogen-bond donors (Lipinski definition) is 5. The molecule has 0 aliphatic rings. The second-order valence-corrected chi connectivity index (χ2v) is 8.33. The van der Waals surface area contributed by atoms with Gasteiger partial charge in [-0.15, -0.1) is 5.10 Å². The van der Waals surface area contributed by atoms with E-state index in [9.17, 15) is 31.1 Å². The summed E-state index contributed by atoms with van der Waals surface area (Å²) in [6.45, 7) is -3.11. The van der Waals surface area contributed by atoms with Gasteiger partial charge in [-0.3, -0.25) is 10.4 Å². The lowest BCUT2D eigenvalue weighted by Gasteiger charge is -2.20. The number of para-hydroxylation sites is 2. The zero-order chi connectivity index (χ0) is 31.9. The van der Waals surface area contributed by atoms with Gasteiger partial charge in [0.05, 0.1) is 7.11 Å². The number of nitrogen functional groups attached to an aromatic ring is 1. The molecule has 0 radical (unpaired) electrons. The lowest BCUT2D eigenvalue weighted by atomic mass is 10.0. The SMILES string of the molecule is COc1ccccc1-n1nc(C(Nc2ccc(C(=N)N)cc2)c2cc(OC(F)F)ccc2F)[nH]c1=O.O=C(O)C(F)(F)F. The van der Waals surface area contributed by atoms with E-state index < -0.39 is 36.3 Å². The predicted molar refractivity (Wildman–Crippen MR) is 140 cm³/mol. The number of aromatic amines is 1. The van der Waals surface area contributed by atoms with Gasteiger partial charge in [-0.1, -0.05) is 12.1 Å². The third kappa shape index (κ3) is 8.27. The number of alkyl halides is 5. The lowest BCUT2D eigenvalue weighted by Crippen LogP contribution is -2.21. The van der Waals surface area contributed by atoms with Crippen LogP contribution in [0.2, 0.25) is 0 Å². The number of methoxy groups -OCH3 is 1. The molecule has 1 heterocycles.